The van der Waals surface area contributed by atoms with Crippen molar-refractivity contribution in [2.75, 3.05) is 6.61 Å². The molecule has 0 saturated carbocycles. The molecule has 1 unspecified atom stereocenters. The molecule has 2 aromatic rings. The Morgan fingerprint density at radius 3 is 2.19 bits per heavy atom. The Bertz CT molecular complexity index is 1090. The van der Waals surface area contributed by atoms with Gasteiger partial charge in [-0.05, 0) is 61.1 Å². The van der Waals surface area contributed by atoms with Crippen LogP contribution < -0.4 is 0 Å². The van der Waals surface area contributed by atoms with E-state index in [1.54, 1.807) is 12.1 Å². The van der Waals surface area contributed by atoms with Gasteiger partial charge >= 0.3 is 5.97 Å². The van der Waals surface area contributed by atoms with Gasteiger partial charge in [0.15, 0.2) is 5.78 Å². The van der Waals surface area contributed by atoms with Crippen molar-refractivity contribution in [3.8, 4) is 0 Å². The molecule has 0 aromatic heterocycles. The van der Waals surface area contributed by atoms with E-state index in [9.17, 15) is 9.59 Å². The number of carbonyl (C=O) groups is 2. The fourth-order valence-corrected chi connectivity index (χ4v) is 4.91. The molecule has 1 aliphatic carbocycles. The molecule has 3 atom stereocenters. The molecule has 1 heterocycles. The van der Waals surface area contributed by atoms with Crippen molar-refractivity contribution in [1.82, 2.24) is 0 Å². The Morgan fingerprint density at radius 2 is 1.59 bits per heavy atom. The lowest BCUT2D eigenvalue weighted by Gasteiger charge is -2.36. The van der Waals surface area contributed by atoms with Crippen molar-refractivity contribution in [2.45, 2.75) is 44.9 Å². The first-order valence-electron chi connectivity index (χ1n) is 10.9. The molecule has 0 fully saturated rings. The topological polar surface area (TPSA) is 55.7 Å². The summed E-state index contributed by atoms with van der Waals surface area (Å²) in [6, 6.07) is 15.0. The number of rotatable bonds is 5. The third-order valence-electron chi connectivity index (χ3n) is 6.16. The highest BCUT2D eigenvalue weighted by atomic mass is 35.5. The minimum atomic E-state index is -0.627. The first-order chi connectivity index (χ1) is 15.4. The normalized spacial score (nSPS) is 22.9. The number of aliphatic imine (C=N–C) groups is 1. The van der Waals surface area contributed by atoms with E-state index in [1.165, 1.54) is 0 Å². The number of hydrogen-bond acceptors (Lipinski definition) is 4. The molecule has 4 rings (SSSR count). The van der Waals surface area contributed by atoms with Gasteiger partial charge in [0.05, 0.1) is 6.61 Å². The van der Waals surface area contributed by atoms with Crippen LogP contribution in [-0.2, 0) is 14.3 Å². The number of esters is 1. The van der Waals surface area contributed by atoms with Crippen LogP contribution in [0.1, 0.15) is 56.1 Å². The quantitative estimate of drug-likeness (QED) is 0.468. The van der Waals surface area contributed by atoms with Gasteiger partial charge in [-0.1, -0.05) is 54.4 Å². The first-order valence-corrected chi connectivity index (χ1v) is 11.6. The fourth-order valence-electron chi connectivity index (χ4n) is 4.66. The zero-order chi connectivity index (χ0) is 22.8. The van der Waals surface area contributed by atoms with E-state index in [0.29, 0.717) is 40.8 Å². The van der Waals surface area contributed by atoms with Crippen LogP contribution in [0.2, 0.25) is 10.0 Å². The van der Waals surface area contributed by atoms with Crippen LogP contribution in [0.3, 0.4) is 0 Å². The molecule has 2 aromatic carbocycles. The number of halogens is 2. The van der Waals surface area contributed by atoms with Crippen LogP contribution in [-0.4, -0.2) is 24.1 Å². The van der Waals surface area contributed by atoms with Crippen LogP contribution in [0.25, 0.3) is 0 Å². The SMILES string of the molecule is CCCOC(=O)C1C(C)=NC2=C(C(=O)C[C@@H](c3ccc(Cl)cc3)C2)[C@@H]1c1ccc(Cl)cc1. The summed E-state index contributed by atoms with van der Waals surface area (Å²) in [6.45, 7) is 4.14. The molecule has 1 aliphatic heterocycles. The lowest BCUT2D eigenvalue weighted by molar-refractivity contribution is -0.146. The molecule has 0 radical (unpaired) electrons. The van der Waals surface area contributed by atoms with Gasteiger partial charge in [0, 0.05) is 39.4 Å². The maximum Gasteiger partial charge on any atom is 0.315 e. The average molecular weight is 470 g/mol. The lowest BCUT2D eigenvalue weighted by atomic mass is 9.69. The first kappa shape index (κ1) is 22.8. The largest absolute Gasteiger partial charge is 0.465 e. The van der Waals surface area contributed by atoms with E-state index in [4.69, 9.17) is 32.9 Å². The third kappa shape index (κ3) is 4.53. The maximum absolute atomic E-state index is 13.5. The van der Waals surface area contributed by atoms with Gasteiger partial charge in [0.1, 0.15) is 5.92 Å². The predicted molar refractivity (Wildman–Crippen MR) is 128 cm³/mol. The summed E-state index contributed by atoms with van der Waals surface area (Å²) in [5, 5.41) is 1.27. The Labute approximate surface area is 198 Å². The maximum atomic E-state index is 13.5. The minimum Gasteiger partial charge on any atom is -0.465 e. The van der Waals surface area contributed by atoms with Crippen LogP contribution in [0, 0.1) is 5.92 Å². The number of nitrogens with zero attached hydrogens (tertiary/aromatic N) is 1. The smallest absolute Gasteiger partial charge is 0.315 e. The Morgan fingerprint density at radius 1 is 1.00 bits per heavy atom. The minimum absolute atomic E-state index is 0.0238. The van der Waals surface area contributed by atoms with Gasteiger partial charge in [-0.25, -0.2) is 0 Å². The molecule has 166 valence electrons. The number of ketones is 1. The summed E-state index contributed by atoms with van der Waals surface area (Å²) in [7, 11) is 0. The van der Waals surface area contributed by atoms with Crippen LogP contribution >= 0.6 is 23.2 Å². The molecule has 32 heavy (non-hydrogen) atoms. The zero-order valence-electron chi connectivity index (χ0n) is 18.1. The van der Waals surface area contributed by atoms with Crippen molar-refractivity contribution in [1.29, 1.82) is 0 Å². The number of carbonyl (C=O) groups excluding carboxylic acids is 2. The standard InChI is InChI=1S/C26H25Cl2NO3/c1-3-12-32-26(31)23-15(2)29-21-13-18(16-4-8-19(27)9-5-16)14-22(30)25(21)24(23)17-6-10-20(28)11-7-17/h4-11,18,23-24H,3,12-14H2,1-2H3/t18-,23?,24+/m0/s1. The van der Waals surface area contributed by atoms with Gasteiger partial charge in [-0.3, -0.25) is 14.6 Å². The highest BCUT2D eigenvalue weighted by Crippen LogP contribution is 2.47. The highest BCUT2D eigenvalue weighted by Gasteiger charge is 2.44. The molecular formula is C26H25Cl2NO3. The van der Waals surface area contributed by atoms with E-state index in [2.05, 4.69) is 0 Å². The summed E-state index contributed by atoms with van der Waals surface area (Å²) in [4.78, 5) is 31.3. The molecule has 0 saturated heterocycles. The molecular weight excluding hydrogens is 445 g/mol. The predicted octanol–water partition coefficient (Wildman–Crippen LogP) is 6.52. The van der Waals surface area contributed by atoms with Gasteiger partial charge < -0.3 is 4.74 Å². The third-order valence-corrected chi connectivity index (χ3v) is 6.67. The van der Waals surface area contributed by atoms with Crippen LogP contribution in [0.15, 0.2) is 64.8 Å². The van der Waals surface area contributed by atoms with Gasteiger partial charge in [-0.15, -0.1) is 0 Å². The molecule has 6 heteroatoms. The second-order valence-corrected chi connectivity index (χ2v) is 9.24. The number of allylic oxidation sites excluding steroid dienone is 2. The summed E-state index contributed by atoms with van der Waals surface area (Å²) in [6.07, 6.45) is 1.74. The Balaban J connectivity index is 1.76. The molecule has 0 N–H and O–H groups in total. The van der Waals surface area contributed by atoms with Crippen molar-refractivity contribution in [2.24, 2.45) is 10.9 Å². The zero-order valence-corrected chi connectivity index (χ0v) is 19.6. The summed E-state index contributed by atoms with van der Waals surface area (Å²) >= 11 is 12.1. The van der Waals surface area contributed by atoms with E-state index in [1.807, 2.05) is 50.2 Å². The lowest BCUT2D eigenvalue weighted by Crippen LogP contribution is -2.38. The number of hydrogen-bond donors (Lipinski definition) is 0. The van der Waals surface area contributed by atoms with E-state index >= 15 is 0 Å². The Hall–Kier alpha value is -2.43. The van der Waals surface area contributed by atoms with Crippen molar-refractivity contribution in [3.05, 3.63) is 81.0 Å². The second-order valence-electron chi connectivity index (χ2n) is 8.37. The van der Waals surface area contributed by atoms with E-state index in [0.717, 1.165) is 23.2 Å². The number of ether oxygens (including phenoxy) is 1. The summed E-state index contributed by atoms with van der Waals surface area (Å²) < 4.78 is 5.50. The monoisotopic (exact) mass is 469 g/mol. The van der Waals surface area contributed by atoms with Crippen molar-refractivity contribution < 1.29 is 14.3 Å². The highest BCUT2D eigenvalue weighted by molar-refractivity contribution is 6.30. The summed E-state index contributed by atoms with van der Waals surface area (Å²) in [5.74, 6) is -1.34. The van der Waals surface area contributed by atoms with E-state index in [-0.39, 0.29) is 17.7 Å². The molecule has 0 spiro atoms. The molecule has 0 bridgehead atoms. The summed E-state index contributed by atoms with van der Waals surface area (Å²) in [5.41, 5.74) is 4.00. The van der Waals surface area contributed by atoms with Crippen LogP contribution in [0.5, 0.6) is 0 Å². The van der Waals surface area contributed by atoms with Gasteiger partial charge in [-0.2, -0.15) is 0 Å². The second kappa shape index (κ2) is 9.60. The number of benzene rings is 2. The number of Topliss-reactive ketones (excluding diaryl/α,β-unsaturated/α-hetero) is 1. The molecule has 2 aliphatic rings. The average Bonchev–Trinajstić information content (AvgIpc) is 2.77. The van der Waals surface area contributed by atoms with Gasteiger partial charge in [0.25, 0.3) is 0 Å². The molecule has 0 amide bonds. The molecule has 4 nitrogen and oxygen atoms in total. The van der Waals surface area contributed by atoms with Gasteiger partial charge in [0.2, 0.25) is 0 Å². The van der Waals surface area contributed by atoms with Crippen molar-refractivity contribution in [3.63, 3.8) is 0 Å². The van der Waals surface area contributed by atoms with Crippen molar-refractivity contribution >= 4 is 40.7 Å². The van der Waals surface area contributed by atoms with Crippen LogP contribution in [0.4, 0.5) is 0 Å². The van der Waals surface area contributed by atoms with E-state index < -0.39 is 11.8 Å². The fraction of sp³-hybridized carbons (Fsp3) is 0.346. The Kier molecular flexibility index (Phi) is 6.82.